The smallest absolute Gasteiger partial charge is 0.254 e. The first-order valence-electron chi connectivity index (χ1n) is 8.69. The number of amides is 1. The number of carbonyl (C=O) groups excluding carboxylic acids is 1. The van der Waals surface area contributed by atoms with E-state index in [1.165, 1.54) is 0 Å². The Bertz CT molecular complexity index is 778. The van der Waals surface area contributed by atoms with Crippen LogP contribution < -0.4 is 9.47 Å². The summed E-state index contributed by atoms with van der Waals surface area (Å²) in [7, 11) is 3.14. The van der Waals surface area contributed by atoms with Crippen molar-refractivity contribution in [3.8, 4) is 11.5 Å². The highest BCUT2D eigenvalue weighted by atomic mass is 35.5. The summed E-state index contributed by atoms with van der Waals surface area (Å²) in [5.74, 6) is 1.18. The van der Waals surface area contributed by atoms with Crippen molar-refractivity contribution < 1.29 is 14.3 Å². The Morgan fingerprint density at radius 1 is 0.963 bits per heavy atom. The molecule has 144 valence electrons. The third-order valence-corrected chi connectivity index (χ3v) is 5.41. The quantitative estimate of drug-likeness (QED) is 0.750. The van der Waals surface area contributed by atoms with E-state index < -0.39 is 0 Å². The molecule has 0 aromatic heterocycles. The maximum Gasteiger partial charge on any atom is 0.254 e. The fourth-order valence-electron chi connectivity index (χ4n) is 3.13. The molecular weight excluding hydrogens is 387 g/mol. The van der Waals surface area contributed by atoms with Crippen molar-refractivity contribution in [3.63, 3.8) is 0 Å². The highest BCUT2D eigenvalue weighted by molar-refractivity contribution is 6.35. The van der Waals surface area contributed by atoms with Gasteiger partial charge >= 0.3 is 0 Å². The Balaban J connectivity index is 1.64. The lowest BCUT2D eigenvalue weighted by atomic mass is 10.1. The number of piperazine rings is 1. The molecule has 0 atom stereocenters. The largest absolute Gasteiger partial charge is 0.497 e. The molecule has 1 saturated heterocycles. The van der Waals surface area contributed by atoms with Crippen LogP contribution in [-0.4, -0.2) is 56.1 Å². The standard InChI is InChI=1S/C20H22Cl2N2O3/c1-26-15-10-14(11-16(12-15)27-2)20(25)24-8-6-23(7-9-24)13-17-18(21)4-3-5-19(17)22/h3-5,10-12H,6-9,13H2,1-2H3. The highest BCUT2D eigenvalue weighted by Gasteiger charge is 2.24. The average molecular weight is 409 g/mol. The third-order valence-electron chi connectivity index (χ3n) is 4.70. The molecule has 0 spiro atoms. The van der Waals surface area contributed by atoms with E-state index in [-0.39, 0.29) is 5.91 Å². The Morgan fingerprint density at radius 2 is 1.52 bits per heavy atom. The van der Waals surface area contributed by atoms with Gasteiger partial charge in [-0.2, -0.15) is 0 Å². The molecule has 7 heteroatoms. The monoisotopic (exact) mass is 408 g/mol. The van der Waals surface area contributed by atoms with E-state index in [9.17, 15) is 4.79 Å². The number of halogens is 2. The summed E-state index contributed by atoms with van der Waals surface area (Å²) in [5.41, 5.74) is 1.49. The van der Waals surface area contributed by atoms with Crippen molar-refractivity contribution in [3.05, 3.63) is 57.6 Å². The molecule has 0 radical (unpaired) electrons. The van der Waals surface area contributed by atoms with Crippen molar-refractivity contribution >= 4 is 29.1 Å². The van der Waals surface area contributed by atoms with Gasteiger partial charge in [-0.1, -0.05) is 29.3 Å². The maximum absolute atomic E-state index is 12.9. The average Bonchev–Trinajstić information content (AvgIpc) is 2.70. The van der Waals surface area contributed by atoms with Crippen LogP contribution in [0.2, 0.25) is 10.0 Å². The molecule has 0 N–H and O–H groups in total. The second-order valence-corrected chi connectivity index (χ2v) is 7.18. The van der Waals surface area contributed by atoms with Gasteiger partial charge in [-0.25, -0.2) is 0 Å². The Labute approximate surface area is 169 Å². The number of rotatable bonds is 5. The van der Waals surface area contributed by atoms with Gasteiger partial charge in [0.25, 0.3) is 5.91 Å². The number of hydrogen-bond acceptors (Lipinski definition) is 4. The predicted molar refractivity (Wildman–Crippen MR) is 107 cm³/mol. The van der Waals surface area contributed by atoms with Crippen LogP contribution in [0.15, 0.2) is 36.4 Å². The van der Waals surface area contributed by atoms with Gasteiger partial charge in [-0.05, 0) is 24.3 Å². The lowest BCUT2D eigenvalue weighted by molar-refractivity contribution is 0.0628. The number of carbonyl (C=O) groups is 1. The first-order valence-corrected chi connectivity index (χ1v) is 9.45. The van der Waals surface area contributed by atoms with Gasteiger partial charge in [0.15, 0.2) is 0 Å². The van der Waals surface area contributed by atoms with Crippen molar-refractivity contribution in [1.82, 2.24) is 9.80 Å². The minimum absolute atomic E-state index is 0.0253. The van der Waals surface area contributed by atoms with Gasteiger partial charge in [0, 0.05) is 60.0 Å². The molecule has 2 aromatic carbocycles. The van der Waals surface area contributed by atoms with Crippen LogP contribution in [0.25, 0.3) is 0 Å². The molecule has 1 aliphatic rings. The van der Waals surface area contributed by atoms with Crippen LogP contribution in [0.5, 0.6) is 11.5 Å². The molecule has 1 amide bonds. The van der Waals surface area contributed by atoms with Crippen molar-refractivity contribution in [2.24, 2.45) is 0 Å². The van der Waals surface area contributed by atoms with Gasteiger partial charge in [0.05, 0.1) is 14.2 Å². The Hall–Kier alpha value is -1.95. The summed E-state index contributed by atoms with van der Waals surface area (Å²) in [6.07, 6.45) is 0. The van der Waals surface area contributed by atoms with Crippen LogP contribution in [0.4, 0.5) is 0 Å². The molecule has 0 bridgehead atoms. The van der Waals surface area contributed by atoms with Gasteiger partial charge in [0.1, 0.15) is 11.5 Å². The summed E-state index contributed by atoms with van der Waals surface area (Å²) in [5, 5.41) is 1.34. The second kappa shape index (κ2) is 8.83. The van der Waals surface area contributed by atoms with Gasteiger partial charge in [-0.15, -0.1) is 0 Å². The number of benzene rings is 2. The van der Waals surface area contributed by atoms with E-state index in [0.717, 1.165) is 18.7 Å². The third kappa shape index (κ3) is 4.67. The molecule has 1 fully saturated rings. The molecule has 3 rings (SSSR count). The van der Waals surface area contributed by atoms with Crippen LogP contribution in [0.3, 0.4) is 0 Å². The Morgan fingerprint density at radius 3 is 2.04 bits per heavy atom. The van der Waals surface area contributed by atoms with Gasteiger partial charge in [0.2, 0.25) is 0 Å². The molecule has 5 nitrogen and oxygen atoms in total. The van der Waals surface area contributed by atoms with E-state index in [4.69, 9.17) is 32.7 Å². The van der Waals surface area contributed by atoms with E-state index in [1.807, 2.05) is 23.1 Å². The number of methoxy groups -OCH3 is 2. The van der Waals surface area contributed by atoms with Crippen LogP contribution in [0, 0.1) is 0 Å². The van der Waals surface area contributed by atoms with Crippen LogP contribution in [-0.2, 0) is 6.54 Å². The minimum Gasteiger partial charge on any atom is -0.497 e. The van der Waals surface area contributed by atoms with Crippen molar-refractivity contribution in [2.75, 3.05) is 40.4 Å². The summed E-state index contributed by atoms with van der Waals surface area (Å²) in [4.78, 5) is 17.0. The van der Waals surface area contributed by atoms with Gasteiger partial charge in [-0.3, -0.25) is 9.69 Å². The normalized spacial score (nSPS) is 14.9. The predicted octanol–water partition coefficient (Wildman–Crippen LogP) is 3.97. The molecule has 0 unspecified atom stereocenters. The summed E-state index contributed by atoms with van der Waals surface area (Å²) in [6, 6.07) is 10.8. The van der Waals surface area contributed by atoms with Crippen molar-refractivity contribution in [1.29, 1.82) is 0 Å². The zero-order valence-corrected chi connectivity index (χ0v) is 16.9. The maximum atomic E-state index is 12.9. The van der Waals surface area contributed by atoms with Crippen LogP contribution >= 0.6 is 23.2 Å². The second-order valence-electron chi connectivity index (χ2n) is 6.37. The zero-order chi connectivity index (χ0) is 19.4. The highest BCUT2D eigenvalue weighted by Crippen LogP contribution is 2.27. The fourth-order valence-corrected chi connectivity index (χ4v) is 3.65. The SMILES string of the molecule is COc1cc(OC)cc(C(=O)N2CCN(Cc3c(Cl)cccc3Cl)CC2)c1. The van der Waals surface area contributed by atoms with E-state index in [1.54, 1.807) is 32.4 Å². The summed E-state index contributed by atoms with van der Waals surface area (Å²) >= 11 is 12.5. The molecule has 2 aromatic rings. The van der Waals surface area contributed by atoms with E-state index >= 15 is 0 Å². The number of ether oxygens (including phenoxy) is 2. The molecule has 1 heterocycles. The molecule has 1 aliphatic heterocycles. The van der Waals surface area contributed by atoms with E-state index in [2.05, 4.69) is 4.90 Å². The molecule has 27 heavy (non-hydrogen) atoms. The molecule has 0 saturated carbocycles. The van der Waals surface area contributed by atoms with Gasteiger partial charge < -0.3 is 14.4 Å². The van der Waals surface area contributed by atoms with E-state index in [0.29, 0.717) is 46.7 Å². The fraction of sp³-hybridized carbons (Fsp3) is 0.350. The van der Waals surface area contributed by atoms with Crippen LogP contribution in [0.1, 0.15) is 15.9 Å². The van der Waals surface area contributed by atoms with Crippen molar-refractivity contribution in [2.45, 2.75) is 6.54 Å². The summed E-state index contributed by atoms with van der Waals surface area (Å²) in [6.45, 7) is 3.47. The lowest BCUT2D eigenvalue weighted by Crippen LogP contribution is -2.48. The Kier molecular flexibility index (Phi) is 6.47. The first kappa shape index (κ1) is 19.8. The number of hydrogen-bond donors (Lipinski definition) is 0. The lowest BCUT2D eigenvalue weighted by Gasteiger charge is -2.35. The summed E-state index contributed by atoms with van der Waals surface area (Å²) < 4.78 is 10.5. The minimum atomic E-state index is -0.0253. The topological polar surface area (TPSA) is 42.0 Å². The molecular formula is C20H22Cl2N2O3. The molecule has 0 aliphatic carbocycles. The first-order chi connectivity index (χ1) is 13.0. The number of nitrogens with zero attached hydrogens (tertiary/aromatic N) is 2. The zero-order valence-electron chi connectivity index (χ0n) is 15.4.